The summed E-state index contributed by atoms with van der Waals surface area (Å²) in [5, 5.41) is 13.0. The molecular weight excluding hydrogens is 192 g/mol. The first-order valence-corrected chi connectivity index (χ1v) is 5.99. The quantitative estimate of drug-likeness (QED) is 0.684. The molecule has 0 amide bonds. The Morgan fingerprint density at radius 2 is 2.33 bits per heavy atom. The third-order valence-electron chi connectivity index (χ3n) is 3.51. The number of hydrogen-bond donors (Lipinski definition) is 2. The topological polar surface area (TPSA) is 44.7 Å². The summed E-state index contributed by atoms with van der Waals surface area (Å²) in [5.74, 6) is 0. The fourth-order valence-electron chi connectivity index (χ4n) is 2.74. The molecule has 0 aromatic rings. The second-order valence-electron chi connectivity index (χ2n) is 4.61. The summed E-state index contributed by atoms with van der Waals surface area (Å²) in [4.78, 5) is 2.41. The summed E-state index contributed by atoms with van der Waals surface area (Å²) in [5.41, 5.74) is 0. The zero-order valence-electron chi connectivity index (χ0n) is 9.48. The number of nitrogens with one attached hydrogen (secondary N) is 1. The van der Waals surface area contributed by atoms with Gasteiger partial charge in [-0.1, -0.05) is 0 Å². The number of aliphatic hydroxyl groups excluding tert-OH is 1. The Bertz CT molecular complexity index is 199. The van der Waals surface area contributed by atoms with Crippen molar-refractivity contribution >= 4 is 0 Å². The Hall–Kier alpha value is -0.160. The van der Waals surface area contributed by atoms with E-state index >= 15 is 0 Å². The molecule has 3 unspecified atom stereocenters. The molecule has 2 N–H and O–H groups in total. The molecular formula is C11H22N2O2. The number of hydrogen-bond acceptors (Lipinski definition) is 4. The minimum absolute atomic E-state index is 0.113. The summed E-state index contributed by atoms with van der Waals surface area (Å²) in [7, 11) is 1.95. The van der Waals surface area contributed by atoms with Crippen LogP contribution in [0.2, 0.25) is 0 Å². The van der Waals surface area contributed by atoms with Crippen molar-refractivity contribution < 1.29 is 9.84 Å². The van der Waals surface area contributed by atoms with Crippen molar-refractivity contribution in [2.75, 3.05) is 33.3 Å². The van der Waals surface area contributed by atoms with Gasteiger partial charge in [0.05, 0.1) is 18.8 Å². The SMILES string of the molecule is CNCC1CN(C2CCCC2O)CCO1. The summed E-state index contributed by atoms with van der Waals surface area (Å²) < 4.78 is 5.66. The Kier molecular flexibility index (Phi) is 3.97. The van der Waals surface area contributed by atoms with Crippen LogP contribution in [0, 0.1) is 0 Å². The first-order chi connectivity index (χ1) is 7.31. The van der Waals surface area contributed by atoms with Gasteiger partial charge < -0.3 is 15.2 Å². The molecule has 1 aliphatic heterocycles. The average Bonchev–Trinajstić information content (AvgIpc) is 2.65. The monoisotopic (exact) mass is 214 g/mol. The summed E-state index contributed by atoms with van der Waals surface area (Å²) in [6.45, 7) is 3.64. The van der Waals surface area contributed by atoms with Gasteiger partial charge in [0, 0.05) is 25.7 Å². The predicted molar refractivity (Wildman–Crippen MR) is 58.9 cm³/mol. The minimum atomic E-state index is -0.113. The minimum Gasteiger partial charge on any atom is -0.391 e. The molecule has 3 atom stereocenters. The van der Waals surface area contributed by atoms with E-state index in [1.54, 1.807) is 0 Å². The van der Waals surface area contributed by atoms with Crippen molar-refractivity contribution in [3.05, 3.63) is 0 Å². The van der Waals surface area contributed by atoms with Crippen LogP contribution in [-0.2, 0) is 4.74 Å². The number of aliphatic hydroxyl groups is 1. The number of ether oxygens (including phenoxy) is 1. The maximum absolute atomic E-state index is 9.86. The molecule has 2 rings (SSSR count). The Morgan fingerprint density at radius 1 is 1.47 bits per heavy atom. The van der Waals surface area contributed by atoms with Gasteiger partial charge in [0.25, 0.3) is 0 Å². The smallest absolute Gasteiger partial charge is 0.0826 e. The molecule has 0 aromatic heterocycles. The van der Waals surface area contributed by atoms with Crippen molar-refractivity contribution in [1.82, 2.24) is 10.2 Å². The van der Waals surface area contributed by atoms with Crippen molar-refractivity contribution in [2.24, 2.45) is 0 Å². The molecule has 0 spiro atoms. The second kappa shape index (κ2) is 5.25. The fourth-order valence-corrected chi connectivity index (χ4v) is 2.74. The average molecular weight is 214 g/mol. The fraction of sp³-hybridized carbons (Fsp3) is 1.00. The molecule has 0 bridgehead atoms. The van der Waals surface area contributed by atoms with E-state index < -0.39 is 0 Å². The van der Waals surface area contributed by atoms with Crippen molar-refractivity contribution in [2.45, 2.75) is 37.5 Å². The lowest BCUT2D eigenvalue weighted by atomic mass is 10.1. The van der Waals surface area contributed by atoms with E-state index in [9.17, 15) is 5.11 Å². The van der Waals surface area contributed by atoms with Crippen molar-refractivity contribution in [1.29, 1.82) is 0 Å². The highest BCUT2D eigenvalue weighted by molar-refractivity contribution is 4.88. The first-order valence-electron chi connectivity index (χ1n) is 5.99. The molecule has 2 aliphatic rings. The van der Waals surface area contributed by atoms with Gasteiger partial charge in [0.2, 0.25) is 0 Å². The van der Waals surface area contributed by atoms with Gasteiger partial charge >= 0.3 is 0 Å². The molecule has 15 heavy (non-hydrogen) atoms. The van der Waals surface area contributed by atoms with Gasteiger partial charge in [0.1, 0.15) is 0 Å². The van der Waals surface area contributed by atoms with E-state index in [1.165, 1.54) is 6.42 Å². The number of nitrogens with zero attached hydrogens (tertiary/aromatic N) is 1. The van der Waals surface area contributed by atoms with Crippen LogP contribution in [0.15, 0.2) is 0 Å². The Balaban J connectivity index is 1.86. The molecule has 2 fully saturated rings. The molecule has 1 aliphatic carbocycles. The zero-order valence-corrected chi connectivity index (χ0v) is 9.48. The van der Waals surface area contributed by atoms with Crippen LogP contribution in [-0.4, -0.2) is 61.5 Å². The van der Waals surface area contributed by atoms with E-state index in [4.69, 9.17) is 4.74 Å². The number of likely N-dealkylation sites (N-methyl/N-ethyl adjacent to an activating group) is 1. The van der Waals surface area contributed by atoms with Crippen molar-refractivity contribution in [3.63, 3.8) is 0 Å². The van der Waals surface area contributed by atoms with Gasteiger partial charge in [-0.25, -0.2) is 0 Å². The number of rotatable bonds is 3. The first kappa shape index (κ1) is 11.3. The van der Waals surface area contributed by atoms with E-state index in [2.05, 4.69) is 10.2 Å². The molecule has 4 heteroatoms. The van der Waals surface area contributed by atoms with E-state index in [0.717, 1.165) is 39.1 Å². The molecule has 0 aromatic carbocycles. The lowest BCUT2D eigenvalue weighted by molar-refractivity contribution is -0.0567. The third kappa shape index (κ3) is 2.69. The van der Waals surface area contributed by atoms with Crippen LogP contribution < -0.4 is 5.32 Å². The van der Waals surface area contributed by atoms with Gasteiger partial charge in [-0.2, -0.15) is 0 Å². The van der Waals surface area contributed by atoms with Gasteiger partial charge in [-0.15, -0.1) is 0 Å². The van der Waals surface area contributed by atoms with Crippen molar-refractivity contribution in [3.8, 4) is 0 Å². The van der Waals surface area contributed by atoms with Crippen LogP contribution >= 0.6 is 0 Å². The molecule has 1 heterocycles. The molecule has 1 saturated carbocycles. The Morgan fingerprint density at radius 3 is 3.00 bits per heavy atom. The highest BCUT2D eigenvalue weighted by Gasteiger charge is 2.33. The Labute approximate surface area is 91.6 Å². The molecule has 1 saturated heterocycles. The maximum Gasteiger partial charge on any atom is 0.0826 e. The zero-order chi connectivity index (χ0) is 10.7. The van der Waals surface area contributed by atoms with Gasteiger partial charge in [-0.3, -0.25) is 4.90 Å². The van der Waals surface area contributed by atoms with Crippen LogP contribution in [0.4, 0.5) is 0 Å². The standard InChI is InChI=1S/C11H22N2O2/c1-12-7-9-8-13(5-6-15-9)10-3-2-4-11(10)14/h9-12,14H,2-8H2,1H3. The van der Waals surface area contributed by atoms with Crippen LogP contribution in [0.3, 0.4) is 0 Å². The third-order valence-corrected chi connectivity index (χ3v) is 3.51. The highest BCUT2D eigenvalue weighted by Crippen LogP contribution is 2.25. The molecule has 0 radical (unpaired) electrons. The summed E-state index contributed by atoms with van der Waals surface area (Å²) in [6.07, 6.45) is 3.46. The lowest BCUT2D eigenvalue weighted by Crippen LogP contribution is -2.52. The number of morpholine rings is 1. The summed E-state index contributed by atoms with van der Waals surface area (Å²) in [6, 6.07) is 0.383. The highest BCUT2D eigenvalue weighted by atomic mass is 16.5. The predicted octanol–water partition coefficient (Wildman–Crippen LogP) is -0.180. The molecule has 88 valence electrons. The van der Waals surface area contributed by atoms with Crippen LogP contribution in [0.1, 0.15) is 19.3 Å². The normalized spacial score (nSPS) is 38.4. The molecule has 4 nitrogen and oxygen atoms in total. The summed E-state index contributed by atoms with van der Waals surface area (Å²) >= 11 is 0. The van der Waals surface area contributed by atoms with Crippen LogP contribution in [0.25, 0.3) is 0 Å². The maximum atomic E-state index is 9.86. The van der Waals surface area contributed by atoms with Gasteiger partial charge in [0.15, 0.2) is 0 Å². The van der Waals surface area contributed by atoms with Gasteiger partial charge in [-0.05, 0) is 26.3 Å². The van der Waals surface area contributed by atoms with E-state index in [-0.39, 0.29) is 12.2 Å². The van der Waals surface area contributed by atoms with Crippen LogP contribution in [0.5, 0.6) is 0 Å². The second-order valence-corrected chi connectivity index (χ2v) is 4.61. The largest absolute Gasteiger partial charge is 0.391 e. The van der Waals surface area contributed by atoms with E-state index in [0.29, 0.717) is 6.04 Å². The lowest BCUT2D eigenvalue weighted by Gasteiger charge is -2.38. The van der Waals surface area contributed by atoms with E-state index in [1.807, 2.05) is 7.05 Å².